The SMILES string of the molecule is CCC(C)c1ccccc1OCC(O)CN(C)C1CCCCC1.Cl. The van der Waals surface area contributed by atoms with Crippen molar-refractivity contribution in [3.05, 3.63) is 29.8 Å². The zero-order valence-electron chi connectivity index (χ0n) is 15.4. The molecule has 1 saturated carbocycles. The smallest absolute Gasteiger partial charge is 0.122 e. The summed E-state index contributed by atoms with van der Waals surface area (Å²) in [6, 6.07) is 8.83. The van der Waals surface area contributed by atoms with E-state index >= 15 is 0 Å². The molecule has 0 saturated heterocycles. The van der Waals surface area contributed by atoms with Gasteiger partial charge in [-0.15, -0.1) is 12.4 Å². The summed E-state index contributed by atoms with van der Waals surface area (Å²) < 4.78 is 5.93. The second kappa shape index (κ2) is 11.0. The van der Waals surface area contributed by atoms with Crippen molar-refractivity contribution in [3.63, 3.8) is 0 Å². The highest BCUT2D eigenvalue weighted by molar-refractivity contribution is 5.85. The summed E-state index contributed by atoms with van der Waals surface area (Å²) in [5.41, 5.74) is 1.24. The molecule has 1 fully saturated rings. The second-order valence-electron chi connectivity index (χ2n) is 7.04. The fraction of sp³-hybridized carbons (Fsp3) is 0.700. The van der Waals surface area contributed by atoms with Crippen molar-refractivity contribution in [1.82, 2.24) is 4.90 Å². The molecule has 4 heteroatoms. The zero-order chi connectivity index (χ0) is 16.7. The molecule has 2 unspecified atom stereocenters. The lowest BCUT2D eigenvalue weighted by atomic mass is 9.94. The topological polar surface area (TPSA) is 32.7 Å². The Bertz CT molecular complexity index is 463. The largest absolute Gasteiger partial charge is 0.491 e. The number of nitrogens with zero attached hydrogens (tertiary/aromatic N) is 1. The number of ether oxygens (including phenoxy) is 1. The molecule has 3 nitrogen and oxygen atoms in total. The number of benzene rings is 1. The molecule has 0 spiro atoms. The molecular weight excluding hydrogens is 322 g/mol. The van der Waals surface area contributed by atoms with Gasteiger partial charge < -0.3 is 14.7 Å². The molecule has 2 rings (SSSR count). The Morgan fingerprint density at radius 2 is 1.88 bits per heavy atom. The van der Waals surface area contributed by atoms with E-state index in [1.54, 1.807) is 0 Å². The third kappa shape index (κ3) is 6.27. The van der Waals surface area contributed by atoms with Gasteiger partial charge in [0.1, 0.15) is 18.5 Å². The number of rotatable bonds is 8. The van der Waals surface area contributed by atoms with Gasteiger partial charge in [-0.1, -0.05) is 51.3 Å². The number of para-hydroxylation sites is 1. The van der Waals surface area contributed by atoms with Crippen LogP contribution in [-0.2, 0) is 0 Å². The van der Waals surface area contributed by atoms with Crippen LogP contribution in [0.5, 0.6) is 5.75 Å². The molecule has 0 radical (unpaired) electrons. The second-order valence-corrected chi connectivity index (χ2v) is 7.04. The van der Waals surface area contributed by atoms with E-state index in [0.717, 1.165) is 12.2 Å². The van der Waals surface area contributed by atoms with Crippen LogP contribution < -0.4 is 4.74 Å². The Morgan fingerprint density at radius 1 is 1.21 bits per heavy atom. The normalized spacial score (nSPS) is 18.0. The van der Waals surface area contributed by atoms with E-state index in [1.807, 2.05) is 12.1 Å². The lowest BCUT2D eigenvalue weighted by molar-refractivity contribution is 0.0558. The maximum absolute atomic E-state index is 10.3. The zero-order valence-corrected chi connectivity index (χ0v) is 16.2. The van der Waals surface area contributed by atoms with Crippen molar-refractivity contribution >= 4 is 12.4 Å². The highest BCUT2D eigenvalue weighted by atomic mass is 35.5. The highest BCUT2D eigenvalue weighted by Gasteiger charge is 2.20. The predicted molar refractivity (Wildman–Crippen MR) is 103 cm³/mol. The van der Waals surface area contributed by atoms with Crippen LogP contribution in [-0.4, -0.2) is 42.4 Å². The first kappa shape index (κ1) is 21.3. The number of hydrogen-bond acceptors (Lipinski definition) is 3. The third-order valence-electron chi connectivity index (χ3n) is 5.19. The van der Waals surface area contributed by atoms with Gasteiger partial charge in [0.2, 0.25) is 0 Å². The van der Waals surface area contributed by atoms with Crippen molar-refractivity contribution in [1.29, 1.82) is 0 Å². The Balaban J connectivity index is 0.00000288. The predicted octanol–water partition coefficient (Wildman–Crippen LogP) is 4.63. The summed E-state index contributed by atoms with van der Waals surface area (Å²) in [5, 5.41) is 10.3. The van der Waals surface area contributed by atoms with E-state index in [4.69, 9.17) is 4.74 Å². The Hall–Kier alpha value is -0.770. The summed E-state index contributed by atoms with van der Waals surface area (Å²) in [6.45, 7) is 5.46. The first-order valence-electron chi connectivity index (χ1n) is 9.21. The van der Waals surface area contributed by atoms with Gasteiger partial charge in [0.15, 0.2) is 0 Å². The van der Waals surface area contributed by atoms with Gasteiger partial charge in [-0.2, -0.15) is 0 Å². The van der Waals surface area contributed by atoms with Gasteiger partial charge in [-0.25, -0.2) is 0 Å². The van der Waals surface area contributed by atoms with Crippen molar-refractivity contribution < 1.29 is 9.84 Å². The van der Waals surface area contributed by atoms with Gasteiger partial charge in [0.25, 0.3) is 0 Å². The molecular formula is C20H34ClNO2. The molecule has 0 aliphatic heterocycles. The highest BCUT2D eigenvalue weighted by Crippen LogP contribution is 2.28. The van der Waals surface area contributed by atoms with Crippen LogP contribution in [0.3, 0.4) is 0 Å². The van der Waals surface area contributed by atoms with Crippen molar-refractivity contribution in [2.24, 2.45) is 0 Å². The molecule has 1 aliphatic carbocycles. The van der Waals surface area contributed by atoms with Gasteiger partial charge in [0, 0.05) is 12.6 Å². The van der Waals surface area contributed by atoms with Crippen LogP contribution in [0, 0.1) is 0 Å². The van der Waals surface area contributed by atoms with Gasteiger partial charge in [-0.3, -0.25) is 0 Å². The molecule has 1 N–H and O–H groups in total. The van der Waals surface area contributed by atoms with E-state index in [1.165, 1.54) is 37.7 Å². The maximum Gasteiger partial charge on any atom is 0.122 e. The number of aliphatic hydroxyl groups is 1. The summed E-state index contributed by atoms with van der Waals surface area (Å²) >= 11 is 0. The lowest BCUT2D eigenvalue weighted by Crippen LogP contribution is -2.40. The molecule has 1 aliphatic rings. The van der Waals surface area contributed by atoms with Gasteiger partial charge in [-0.05, 0) is 43.9 Å². The van der Waals surface area contributed by atoms with Crippen molar-refractivity contribution in [2.45, 2.75) is 70.4 Å². The monoisotopic (exact) mass is 355 g/mol. The number of aliphatic hydroxyl groups excluding tert-OH is 1. The molecule has 0 amide bonds. The van der Waals surface area contributed by atoms with E-state index in [-0.39, 0.29) is 12.4 Å². The van der Waals surface area contributed by atoms with Crippen molar-refractivity contribution in [2.75, 3.05) is 20.2 Å². The minimum absolute atomic E-state index is 0. The quantitative estimate of drug-likeness (QED) is 0.738. The minimum atomic E-state index is -0.438. The standard InChI is InChI=1S/C20H33NO2.ClH/c1-4-16(2)19-12-8-9-13-20(19)23-15-18(22)14-21(3)17-10-6-5-7-11-17;/h8-9,12-13,16-18,22H,4-7,10-11,14-15H2,1-3H3;1H. The fourth-order valence-electron chi connectivity index (χ4n) is 3.48. The third-order valence-corrected chi connectivity index (χ3v) is 5.19. The minimum Gasteiger partial charge on any atom is -0.491 e. The molecule has 24 heavy (non-hydrogen) atoms. The molecule has 0 heterocycles. The van der Waals surface area contributed by atoms with Crippen LogP contribution in [0.4, 0.5) is 0 Å². The molecule has 1 aromatic carbocycles. The first-order chi connectivity index (χ1) is 11.1. The average molecular weight is 356 g/mol. The maximum atomic E-state index is 10.3. The van der Waals surface area contributed by atoms with E-state index in [2.05, 4.69) is 37.9 Å². The summed E-state index contributed by atoms with van der Waals surface area (Å²) in [6.07, 6.45) is 7.19. The lowest BCUT2D eigenvalue weighted by Gasteiger charge is -2.32. The molecule has 138 valence electrons. The van der Waals surface area contributed by atoms with Crippen LogP contribution >= 0.6 is 12.4 Å². The first-order valence-corrected chi connectivity index (χ1v) is 9.21. The van der Waals surface area contributed by atoms with Crippen LogP contribution in [0.2, 0.25) is 0 Å². The summed E-state index contributed by atoms with van der Waals surface area (Å²) in [4.78, 5) is 2.31. The fourth-order valence-corrected chi connectivity index (χ4v) is 3.48. The van der Waals surface area contributed by atoms with Crippen LogP contribution in [0.25, 0.3) is 0 Å². The molecule has 0 aromatic heterocycles. The van der Waals surface area contributed by atoms with E-state index in [0.29, 0.717) is 25.1 Å². The Morgan fingerprint density at radius 3 is 2.54 bits per heavy atom. The summed E-state index contributed by atoms with van der Waals surface area (Å²) in [7, 11) is 2.13. The average Bonchev–Trinajstić information content (AvgIpc) is 2.60. The molecule has 1 aromatic rings. The summed E-state index contributed by atoms with van der Waals surface area (Å²) in [5.74, 6) is 1.40. The van der Waals surface area contributed by atoms with E-state index < -0.39 is 6.10 Å². The number of halogens is 1. The van der Waals surface area contributed by atoms with Gasteiger partial charge in [0.05, 0.1) is 0 Å². The van der Waals surface area contributed by atoms with Crippen LogP contribution in [0.15, 0.2) is 24.3 Å². The Labute approximate surface area is 153 Å². The molecule has 2 atom stereocenters. The Kier molecular flexibility index (Phi) is 9.72. The molecule has 0 bridgehead atoms. The van der Waals surface area contributed by atoms with Crippen molar-refractivity contribution in [3.8, 4) is 5.75 Å². The van der Waals surface area contributed by atoms with Crippen LogP contribution in [0.1, 0.15) is 63.9 Å². The number of likely N-dealkylation sites (N-methyl/N-ethyl adjacent to an activating group) is 1. The van der Waals surface area contributed by atoms with E-state index in [9.17, 15) is 5.11 Å². The number of hydrogen-bond donors (Lipinski definition) is 1. The van der Waals surface area contributed by atoms with Gasteiger partial charge >= 0.3 is 0 Å².